The third-order valence-corrected chi connectivity index (χ3v) is 10.4. The number of allylic oxidation sites excluding steroid dienone is 1. The van der Waals surface area contributed by atoms with Crippen molar-refractivity contribution in [1.82, 2.24) is 24.8 Å². The second-order valence-electron chi connectivity index (χ2n) is 13.1. The van der Waals surface area contributed by atoms with Crippen molar-refractivity contribution in [3.8, 4) is 0 Å². The van der Waals surface area contributed by atoms with E-state index in [2.05, 4.69) is 23.5 Å². The van der Waals surface area contributed by atoms with Gasteiger partial charge in [-0.05, 0) is 56.2 Å². The molecule has 47 heavy (non-hydrogen) atoms. The number of hydrogen-bond acceptors (Lipinski definition) is 8. The van der Waals surface area contributed by atoms with Gasteiger partial charge >= 0.3 is 5.97 Å². The van der Waals surface area contributed by atoms with Crippen molar-refractivity contribution >= 4 is 28.8 Å². The number of likely N-dealkylation sites (tertiary alicyclic amines) is 1. The molecule has 6 rings (SSSR count). The van der Waals surface area contributed by atoms with Crippen molar-refractivity contribution in [3.05, 3.63) is 85.5 Å². The van der Waals surface area contributed by atoms with Gasteiger partial charge in [-0.2, -0.15) is 0 Å². The number of aliphatic hydroxyl groups excluding tert-OH is 1. The van der Waals surface area contributed by atoms with Crippen molar-refractivity contribution in [2.75, 3.05) is 19.8 Å². The summed E-state index contributed by atoms with van der Waals surface area (Å²) in [5.41, 5.74) is -0.233. The van der Waals surface area contributed by atoms with Crippen LogP contribution in [0.4, 0.5) is 0 Å². The molecule has 0 radical (unpaired) electrons. The van der Waals surface area contributed by atoms with Crippen molar-refractivity contribution < 1.29 is 29.0 Å². The van der Waals surface area contributed by atoms with Gasteiger partial charge in [-0.3, -0.25) is 14.4 Å². The topological polar surface area (TPSA) is 127 Å². The summed E-state index contributed by atoms with van der Waals surface area (Å²) in [7, 11) is 0. The normalized spacial score (nSPS) is 28.3. The molecule has 1 N–H and O–H groups in total. The van der Waals surface area contributed by atoms with Gasteiger partial charge in [0.2, 0.25) is 11.8 Å². The van der Waals surface area contributed by atoms with E-state index in [0.29, 0.717) is 23.9 Å². The lowest BCUT2D eigenvalue weighted by Gasteiger charge is -2.39. The van der Waals surface area contributed by atoms with Crippen molar-refractivity contribution in [2.24, 2.45) is 17.8 Å². The van der Waals surface area contributed by atoms with Gasteiger partial charge < -0.3 is 24.4 Å². The molecule has 4 heterocycles. The fourth-order valence-electron chi connectivity index (χ4n) is 8.06. The number of benzene rings is 2. The molecule has 1 spiro atoms. The minimum atomic E-state index is -1.32. The molecule has 3 fully saturated rings. The number of fused-ring (bicyclic) bond motifs is 2. The summed E-state index contributed by atoms with van der Waals surface area (Å²) in [4.78, 5) is 46.8. The van der Waals surface area contributed by atoms with Crippen molar-refractivity contribution in [2.45, 2.75) is 69.5 Å². The average Bonchev–Trinajstić information content (AvgIpc) is 3.75. The predicted molar refractivity (Wildman–Crippen MR) is 174 cm³/mol. The third-order valence-electron chi connectivity index (χ3n) is 10.4. The predicted octanol–water partition coefficient (Wildman–Crippen LogP) is 4.05. The average molecular weight is 642 g/mol. The summed E-state index contributed by atoms with van der Waals surface area (Å²) in [5, 5.41) is 19.4. The number of aliphatic hydroxyl groups is 1. The molecule has 0 saturated carbocycles. The van der Waals surface area contributed by atoms with Gasteiger partial charge in [-0.15, -0.1) is 18.3 Å². The number of carbonyl (C=O) groups is 3. The first-order valence-corrected chi connectivity index (χ1v) is 16.4. The Balaban J connectivity index is 1.42. The Morgan fingerprint density at radius 1 is 1.15 bits per heavy atom. The monoisotopic (exact) mass is 641 g/mol. The molecule has 3 unspecified atom stereocenters. The number of para-hydroxylation sites is 1. The molecule has 2 aromatic carbocycles. The standard InChI is InChI=1S/C36H43N5O6/c1-5-7-8-14-20-46-34(45)30-29-32(43)41(28(22-42)25-15-10-9-11-16-25)31(36(29)21-24(3)35(30,4)47-36)33(44)39(19-6-2)23-40-27-18-13-12-17-26(27)37-38-40/h5-6,9-13,15-18,24,28-31,42H,1-2,7-8,14,19-23H2,3-4H3/t24?,28-,29+,30+,31?,35-,36?/m1/s1. The minimum Gasteiger partial charge on any atom is -0.465 e. The summed E-state index contributed by atoms with van der Waals surface area (Å²) in [5.74, 6) is -3.32. The van der Waals surface area contributed by atoms with E-state index in [-0.39, 0.29) is 31.6 Å². The van der Waals surface area contributed by atoms with Crippen LogP contribution in [0.5, 0.6) is 0 Å². The van der Waals surface area contributed by atoms with Crippen LogP contribution in [0.15, 0.2) is 79.9 Å². The van der Waals surface area contributed by atoms with Crippen LogP contribution in [-0.2, 0) is 30.5 Å². The lowest BCUT2D eigenvalue weighted by atomic mass is 9.62. The fourth-order valence-corrected chi connectivity index (χ4v) is 8.06. The maximum absolute atomic E-state index is 15.0. The number of ether oxygens (including phenoxy) is 2. The number of rotatable bonds is 14. The summed E-state index contributed by atoms with van der Waals surface area (Å²) in [6.45, 7) is 11.5. The molecule has 0 aliphatic carbocycles. The van der Waals surface area contributed by atoms with Crippen LogP contribution in [-0.4, -0.2) is 84.7 Å². The molecule has 2 amide bonds. The molecule has 2 bridgehead atoms. The largest absolute Gasteiger partial charge is 0.465 e. The van der Waals surface area contributed by atoms with Gasteiger partial charge in [0.25, 0.3) is 0 Å². The minimum absolute atomic E-state index is 0.0444. The van der Waals surface area contributed by atoms with Gasteiger partial charge in [0.05, 0.1) is 36.3 Å². The van der Waals surface area contributed by atoms with Crippen LogP contribution in [0.25, 0.3) is 11.0 Å². The second kappa shape index (κ2) is 13.0. The Labute approximate surface area is 274 Å². The zero-order valence-electron chi connectivity index (χ0n) is 27.0. The quantitative estimate of drug-likeness (QED) is 0.159. The van der Waals surface area contributed by atoms with E-state index in [0.717, 1.165) is 18.4 Å². The summed E-state index contributed by atoms with van der Waals surface area (Å²) >= 11 is 0. The highest BCUT2D eigenvalue weighted by molar-refractivity contribution is 5.99. The number of unbranched alkanes of at least 4 members (excludes halogenated alkanes) is 2. The zero-order valence-corrected chi connectivity index (χ0v) is 27.0. The van der Waals surface area contributed by atoms with Crippen molar-refractivity contribution in [3.63, 3.8) is 0 Å². The smallest absolute Gasteiger partial charge is 0.312 e. The second-order valence-corrected chi connectivity index (χ2v) is 13.1. The molecular weight excluding hydrogens is 598 g/mol. The van der Waals surface area contributed by atoms with Gasteiger partial charge in [0.1, 0.15) is 29.7 Å². The van der Waals surface area contributed by atoms with E-state index in [1.54, 1.807) is 15.7 Å². The molecule has 11 nitrogen and oxygen atoms in total. The molecule has 3 aliphatic rings. The fraction of sp³-hybridized carbons (Fsp3) is 0.472. The molecule has 3 aromatic rings. The molecule has 248 valence electrons. The van der Waals surface area contributed by atoms with E-state index >= 15 is 4.79 Å². The van der Waals surface area contributed by atoms with Gasteiger partial charge in [-0.25, -0.2) is 4.68 Å². The number of carbonyl (C=O) groups excluding carboxylic acids is 3. The number of esters is 1. The van der Waals surface area contributed by atoms with E-state index < -0.39 is 53.6 Å². The first-order chi connectivity index (χ1) is 22.7. The Morgan fingerprint density at radius 3 is 2.62 bits per heavy atom. The molecule has 11 heteroatoms. The van der Waals surface area contributed by atoms with Crippen LogP contribution >= 0.6 is 0 Å². The highest BCUT2D eigenvalue weighted by atomic mass is 16.6. The highest BCUT2D eigenvalue weighted by Crippen LogP contribution is 2.66. The maximum Gasteiger partial charge on any atom is 0.312 e. The number of amides is 2. The summed E-state index contributed by atoms with van der Waals surface area (Å²) < 4.78 is 14.3. The lowest BCUT2D eigenvalue weighted by molar-refractivity contribution is -0.164. The molecular formula is C36H43N5O6. The Bertz CT molecular complexity index is 1660. The van der Waals surface area contributed by atoms with Crippen LogP contribution in [0, 0.1) is 17.8 Å². The number of nitrogens with zero attached hydrogens (tertiary/aromatic N) is 5. The van der Waals surface area contributed by atoms with Crippen LogP contribution in [0.3, 0.4) is 0 Å². The van der Waals surface area contributed by atoms with Gasteiger partial charge in [0.15, 0.2) is 0 Å². The Hall–Kier alpha value is -4.35. The van der Waals surface area contributed by atoms with Gasteiger partial charge in [0, 0.05) is 6.54 Å². The molecule has 3 aliphatic heterocycles. The van der Waals surface area contributed by atoms with Crippen molar-refractivity contribution in [1.29, 1.82) is 0 Å². The Kier molecular flexibility index (Phi) is 9.04. The highest BCUT2D eigenvalue weighted by Gasteiger charge is 2.81. The lowest BCUT2D eigenvalue weighted by Crippen LogP contribution is -2.57. The summed E-state index contributed by atoms with van der Waals surface area (Å²) in [6.07, 6.45) is 6.15. The van der Waals surface area contributed by atoms with E-state index in [1.165, 1.54) is 4.90 Å². The molecule has 7 atom stereocenters. The zero-order chi connectivity index (χ0) is 33.3. The Morgan fingerprint density at radius 2 is 1.89 bits per heavy atom. The first kappa shape index (κ1) is 32.6. The number of hydrogen-bond donors (Lipinski definition) is 1. The number of aromatic nitrogens is 3. The van der Waals surface area contributed by atoms with Crippen LogP contribution in [0.1, 0.15) is 51.1 Å². The van der Waals surface area contributed by atoms with E-state index in [9.17, 15) is 14.7 Å². The molecule has 3 saturated heterocycles. The molecule has 1 aromatic heterocycles. The van der Waals surface area contributed by atoms with Crippen LogP contribution in [0.2, 0.25) is 0 Å². The maximum atomic E-state index is 15.0. The van der Waals surface area contributed by atoms with Crippen LogP contribution < -0.4 is 0 Å². The van der Waals surface area contributed by atoms with E-state index in [1.807, 2.05) is 74.5 Å². The van der Waals surface area contributed by atoms with Gasteiger partial charge in [-0.1, -0.05) is 66.8 Å². The first-order valence-electron chi connectivity index (χ1n) is 16.4. The van der Waals surface area contributed by atoms with E-state index in [4.69, 9.17) is 9.47 Å². The third kappa shape index (κ3) is 5.35. The SMILES string of the molecule is C=CCCCCOC(=O)[C@@H]1[C@H]2C(=O)N([C@H](CO)c3ccccc3)C(C(=O)N(CC=C)Cn3nnc4ccccc43)C23CC(C)[C@@]1(C)O3. The summed E-state index contributed by atoms with van der Waals surface area (Å²) in [6, 6.07) is 14.6.